The van der Waals surface area contributed by atoms with Crippen LogP contribution in [0.25, 0.3) is 22.3 Å². The number of H-pyrrole nitrogens is 1. The van der Waals surface area contributed by atoms with Gasteiger partial charge in [-0.1, -0.05) is 17.7 Å². The topological polar surface area (TPSA) is 44.8 Å². The Morgan fingerprint density at radius 1 is 1.19 bits per heavy atom. The number of fused-ring (bicyclic) bond motifs is 1. The van der Waals surface area contributed by atoms with Crippen molar-refractivity contribution in [2.24, 2.45) is 0 Å². The number of pyridine rings is 2. The molecule has 0 saturated carbocycles. The Morgan fingerprint density at radius 3 is 2.90 bits per heavy atom. The van der Waals surface area contributed by atoms with Gasteiger partial charge in [-0.3, -0.25) is 0 Å². The standard InChI is InChI=1S/C16H15ClN4/c17-11-8-12-13(10-19-16(12)18-9-11)14-4-3-5-15(20-14)21-6-1-2-7-21/h3-5,8-10H,1-2,6-7H2,(H,18,19). The van der Waals surface area contributed by atoms with Gasteiger partial charge < -0.3 is 9.88 Å². The van der Waals surface area contributed by atoms with Gasteiger partial charge in [-0.15, -0.1) is 0 Å². The van der Waals surface area contributed by atoms with E-state index in [0.29, 0.717) is 5.02 Å². The van der Waals surface area contributed by atoms with Gasteiger partial charge in [0.2, 0.25) is 0 Å². The zero-order valence-electron chi connectivity index (χ0n) is 11.5. The number of nitrogens with one attached hydrogen (secondary N) is 1. The van der Waals surface area contributed by atoms with E-state index in [1.165, 1.54) is 12.8 Å². The van der Waals surface area contributed by atoms with Crippen LogP contribution in [0.5, 0.6) is 0 Å². The molecular weight excluding hydrogens is 284 g/mol. The van der Waals surface area contributed by atoms with Crippen molar-refractivity contribution in [1.82, 2.24) is 15.0 Å². The van der Waals surface area contributed by atoms with Gasteiger partial charge in [0.15, 0.2) is 0 Å². The predicted molar refractivity (Wildman–Crippen MR) is 85.8 cm³/mol. The molecule has 0 spiro atoms. The summed E-state index contributed by atoms with van der Waals surface area (Å²) in [5, 5.41) is 1.65. The maximum Gasteiger partial charge on any atom is 0.138 e. The summed E-state index contributed by atoms with van der Waals surface area (Å²) in [6, 6.07) is 8.10. The lowest BCUT2D eigenvalue weighted by molar-refractivity contribution is 0.939. The molecule has 106 valence electrons. The number of rotatable bonds is 2. The lowest BCUT2D eigenvalue weighted by Gasteiger charge is -2.16. The summed E-state index contributed by atoms with van der Waals surface area (Å²) in [6.07, 6.45) is 6.10. The van der Waals surface area contributed by atoms with E-state index in [1.807, 2.05) is 18.3 Å². The van der Waals surface area contributed by atoms with Crippen molar-refractivity contribution in [3.05, 3.63) is 41.7 Å². The third-order valence-corrected chi connectivity index (χ3v) is 4.14. The Bertz CT molecular complexity index is 790. The molecule has 1 aliphatic rings. The highest BCUT2D eigenvalue weighted by Crippen LogP contribution is 2.29. The first-order valence-electron chi connectivity index (χ1n) is 7.16. The lowest BCUT2D eigenvalue weighted by Crippen LogP contribution is -2.18. The second-order valence-corrected chi connectivity index (χ2v) is 5.76. The molecule has 1 N–H and O–H groups in total. The molecule has 0 bridgehead atoms. The fourth-order valence-electron chi connectivity index (χ4n) is 2.89. The minimum Gasteiger partial charge on any atom is -0.357 e. The van der Waals surface area contributed by atoms with Crippen molar-refractivity contribution < 1.29 is 0 Å². The molecule has 0 unspecified atom stereocenters. The Morgan fingerprint density at radius 2 is 2.05 bits per heavy atom. The van der Waals surface area contributed by atoms with Crippen molar-refractivity contribution in [1.29, 1.82) is 0 Å². The second kappa shape index (κ2) is 5.04. The second-order valence-electron chi connectivity index (χ2n) is 5.33. The molecule has 1 aliphatic heterocycles. The number of nitrogens with zero attached hydrogens (tertiary/aromatic N) is 3. The van der Waals surface area contributed by atoms with Gasteiger partial charge in [0, 0.05) is 36.4 Å². The number of hydrogen-bond acceptors (Lipinski definition) is 3. The van der Waals surface area contributed by atoms with E-state index in [-0.39, 0.29) is 0 Å². The highest BCUT2D eigenvalue weighted by atomic mass is 35.5. The van der Waals surface area contributed by atoms with Gasteiger partial charge >= 0.3 is 0 Å². The van der Waals surface area contributed by atoms with Gasteiger partial charge in [-0.05, 0) is 31.0 Å². The van der Waals surface area contributed by atoms with Crippen molar-refractivity contribution >= 4 is 28.5 Å². The molecule has 0 aromatic carbocycles. The molecule has 4 nitrogen and oxygen atoms in total. The predicted octanol–water partition coefficient (Wildman–Crippen LogP) is 3.88. The van der Waals surface area contributed by atoms with Crippen LogP contribution >= 0.6 is 11.6 Å². The molecule has 0 atom stereocenters. The fourth-order valence-corrected chi connectivity index (χ4v) is 3.04. The molecule has 1 fully saturated rings. The summed E-state index contributed by atoms with van der Waals surface area (Å²) in [4.78, 5) is 14.6. The summed E-state index contributed by atoms with van der Waals surface area (Å²) in [6.45, 7) is 2.19. The normalized spacial score (nSPS) is 15.0. The number of hydrogen-bond donors (Lipinski definition) is 1. The minimum absolute atomic E-state index is 0.638. The molecule has 3 aromatic heterocycles. The number of anilines is 1. The zero-order chi connectivity index (χ0) is 14.2. The first-order chi connectivity index (χ1) is 10.3. The lowest BCUT2D eigenvalue weighted by atomic mass is 10.1. The van der Waals surface area contributed by atoms with Gasteiger partial charge in [0.25, 0.3) is 0 Å². The van der Waals surface area contributed by atoms with E-state index in [4.69, 9.17) is 16.6 Å². The van der Waals surface area contributed by atoms with E-state index in [0.717, 1.165) is 41.2 Å². The summed E-state index contributed by atoms with van der Waals surface area (Å²) >= 11 is 6.06. The third kappa shape index (κ3) is 2.25. The van der Waals surface area contributed by atoms with Crippen molar-refractivity contribution in [2.45, 2.75) is 12.8 Å². The van der Waals surface area contributed by atoms with Crippen molar-refractivity contribution in [3.8, 4) is 11.3 Å². The first kappa shape index (κ1) is 12.7. The van der Waals surface area contributed by atoms with Crippen LogP contribution in [0.15, 0.2) is 36.7 Å². The smallest absolute Gasteiger partial charge is 0.138 e. The number of halogens is 1. The van der Waals surface area contributed by atoms with Crippen LogP contribution in [-0.4, -0.2) is 28.0 Å². The van der Waals surface area contributed by atoms with Crippen LogP contribution in [0.2, 0.25) is 5.02 Å². The average Bonchev–Trinajstić information content (AvgIpc) is 3.16. The molecule has 1 saturated heterocycles. The van der Waals surface area contributed by atoms with E-state index < -0.39 is 0 Å². The summed E-state index contributed by atoms with van der Waals surface area (Å²) < 4.78 is 0. The van der Waals surface area contributed by atoms with Gasteiger partial charge in [-0.25, -0.2) is 9.97 Å². The largest absolute Gasteiger partial charge is 0.357 e. The average molecular weight is 299 g/mol. The Labute approximate surface area is 127 Å². The van der Waals surface area contributed by atoms with Crippen LogP contribution < -0.4 is 4.90 Å². The summed E-state index contributed by atoms with van der Waals surface area (Å²) in [5.41, 5.74) is 2.83. The van der Waals surface area contributed by atoms with Crippen LogP contribution in [0, 0.1) is 0 Å². The van der Waals surface area contributed by atoms with Crippen LogP contribution in [0.4, 0.5) is 5.82 Å². The van der Waals surface area contributed by atoms with Crippen LogP contribution in [0.1, 0.15) is 12.8 Å². The number of aromatic amines is 1. The third-order valence-electron chi connectivity index (χ3n) is 3.94. The van der Waals surface area contributed by atoms with E-state index in [2.05, 4.69) is 27.0 Å². The Balaban J connectivity index is 1.81. The molecule has 3 aromatic rings. The molecule has 0 radical (unpaired) electrons. The molecule has 5 heteroatoms. The molecule has 4 rings (SSSR count). The van der Waals surface area contributed by atoms with Gasteiger partial charge in [0.1, 0.15) is 11.5 Å². The van der Waals surface area contributed by atoms with E-state index in [9.17, 15) is 0 Å². The quantitative estimate of drug-likeness (QED) is 0.781. The molecular formula is C16H15ClN4. The highest BCUT2D eigenvalue weighted by molar-refractivity contribution is 6.31. The molecule has 0 amide bonds. The monoisotopic (exact) mass is 298 g/mol. The fraction of sp³-hybridized carbons (Fsp3) is 0.250. The summed E-state index contributed by atoms with van der Waals surface area (Å²) in [7, 11) is 0. The minimum atomic E-state index is 0.638. The number of aromatic nitrogens is 3. The maximum atomic E-state index is 6.06. The first-order valence-corrected chi connectivity index (χ1v) is 7.54. The zero-order valence-corrected chi connectivity index (χ0v) is 12.3. The van der Waals surface area contributed by atoms with E-state index in [1.54, 1.807) is 6.20 Å². The van der Waals surface area contributed by atoms with Gasteiger partial charge in [-0.2, -0.15) is 0 Å². The molecule has 0 aliphatic carbocycles. The molecule has 4 heterocycles. The van der Waals surface area contributed by atoms with Crippen molar-refractivity contribution in [2.75, 3.05) is 18.0 Å². The summed E-state index contributed by atoms with van der Waals surface area (Å²) in [5.74, 6) is 1.05. The van der Waals surface area contributed by atoms with E-state index >= 15 is 0 Å². The van der Waals surface area contributed by atoms with Crippen LogP contribution in [-0.2, 0) is 0 Å². The van der Waals surface area contributed by atoms with Gasteiger partial charge in [0.05, 0.1) is 10.7 Å². The maximum absolute atomic E-state index is 6.06. The molecule has 21 heavy (non-hydrogen) atoms. The SMILES string of the molecule is Clc1cnc2[nH]cc(-c3cccc(N4CCCC4)n3)c2c1. The van der Waals surface area contributed by atoms with Crippen LogP contribution in [0.3, 0.4) is 0 Å². The Hall–Kier alpha value is -2.07. The Kier molecular flexibility index (Phi) is 3.04. The van der Waals surface area contributed by atoms with Crippen molar-refractivity contribution in [3.63, 3.8) is 0 Å². The highest BCUT2D eigenvalue weighted by Gasteiger charge is 2.15.